The first-order valence-electron chi connectivity index (χ1n) is 3.29. The van der Waals surface area contributed by atoms with Crippen LogP contribution >= 0.6 is 0 Å². The SMILES string of the molecule is N#Cc1ccoc1-c1ncco1. The van der Waals surface area contributed by atoms with Crippen LogP contribution in [0.1, 0.15) is 5.56 Å². The smallest absolute Gasteiger partial charge is 0.264 e. The minimum Gasteiger partial charge on any atom is -0.458 e. The summed E-state index contributed by atoms with van der Waals surface area (Å²) in [4.78, 5) is 3.86. The Morgan fingerprint density at radius 3 is 2.92 bits per heavy atom. The van der Waals surface area contributed by atoms with Gasteiger partial charge in [0, 0.05) is 0 Å². The first kappa shape index (κ1) is 6.68. The molecule has 0 spiro atoms. The number of aromatic nitrogens is 1. The zero-order valence-corrected chi connectivity index (χ0v) is 6.02. The molecule has 0 aliphatic heterocycles. The van der Waals surface area contributed by atoms with Crippen LogP contribution in [-0.4, -0.2) is 4.98 Å². The van der Waals surface area contributed by atoms with E-state index < -0.39 is 0 Å². The van der Waals surface area contributed by atoms with Crippen LogP contribution < -0.4 is 0 Å². The Morgan fingerprint density at radius 1 is 1.33 bits per heavy atom. The molecule has 0 aliphatic rings. The molecule has 0 atom stereocenters. The molecule has 0 unspecified atom stereocenters. The van der Waals surface area contributed by atoms with E-state index in [2.05, 4.69) is 4.98 Å². The van der Waals surface area contributed by atoms with Crippen molar-refractivity contribution in [1.82, 2.24) is 4.98 Å². The van der Waals surface area contributed by atoms with E-state index >= 15 is 0 Å². The molecule has 0 saturated carbocycles. The van der Waals surface area contributed by atoms with Gasteiger partial charge in [-0.2, -0.15) is 5.26 Å². The van der Waals surface area contributed by atoms with Gasteiger partial charge in [-0.1, -0.05) is 0 Å². The Bertz CT molecular complexity index is 408. The number of hydrogen-bond acceptors (Lipinski definition) is 4. The van der Waals surface area contributed by atoms with E-state index in [1.54, 1.807) is 6.07 Å². The number of hydrogen-bond donors (Lipinski definition) is 0. The molecule has 0 N–H and O–H groups in total. The Kier molecular flexibility index (Phi) is 1.42. The Labute approximate surface area is 68.1 Å². The molecule has 58 valence electrons. The molecule has 2 aromatic rings. The van der Waals surface area contributed by atoms with Crippen LogP contribution in [0.5, 0.6) is 0 Å². The van der Waals surface area contributed by atoms with Gasteiger partial charge in [0.15, 0.2) is 0 Å². The third kappa shape index (κ3) is 0.883. The topological polar surface area (TPSA) is 63.0 Å². The predicted molar refractivity (Wildman–Crippen MR) is 38.9 cm³/mol. The van der Waals surface area contributed by atoms with Gasteiger partial charge in [0.1, 0.15) is 17.9 Å². The number of furan rings is 1. The van der Waals surface area contributed by atoms with Gasteiger partial charge in [0.2, 0.25) is 5.76 Å². The van der Waals surface area contributed by atoms with Crippen molar-refractivity contribution in [3.8, 4) is 17.7 Å². The molecule has 2 heterocycles. The number of nitrogens with zero attached hydrogens (tertiary/aromatic N) is 2. The summed E-state index contributed by atoms with van der Waals surface area (Å²) in [6, 6.07) is 3.54. The van der Waals surface area contributed by atoms with Gasteiger partial charge in [-0.3, -0.25) is 0 Å². The fourth-order valence-corrected chi connectivity index (χ4v) is 0.899. The molecular weight excluding hydrogens is 156 g/mol. The molecule has 0 saturated heterocycles. The fourth-order valence-electron chi connectivity index (χ4n) is 0.899. The molecule has 4 heteroatoms. The summed E-state index contributed by atoms with van der Waals surface area (Å²) in [6.45, 7) is 0. The van der Waals surface area contributed by atoms with Crippen molar-refractivity contribution in [2.75, 3.05) is 0 Å². The van der Waals surface area contributed by atoms with Crippen LogP contribution in [0, 0.1) is 11.3 Å². The summed E-state index contributed by atoms with van der Waals surface area (Å²) in [5.41, 5.74) is 0.428. The van der Waals surface area contributed by atoms with Crippen molar-refractivity contribution >= 4 is 0 Å². The van der Waals surface area contributed by atoms with Gasteiger partial charge in [-0.25, -0.2) is 4.98 Å². The largest absolute Gasteiger partial charge is 0.458 e. The Hall–Kier alpha value is -2.02. The lowest BCUT2D eigenvalue weighted by atomic mass is 10.3. The molecule has 2 aromatic heterocycles. The van der Waals surface area contributed by atoms with Crippen molar-refractivity contribution in [2.45, 2.75) is 0 Å². The summed E-state index contributed by atoms with van der Waals surface area (Å²) in [7, 11) is 0. The van der Waals surface area contributed by atoms with E-state index in [1.807, 2.05) is 6.07 Å². The number of oxazole rings is 1. The molecule has 4 nitrogen and oxygen atoms in total. The standard InChI is InChI=1S/C8H4N2O2/c9-5-6-1-3-11-7(6)8-10-2-4-12-8/h1-4H. The Balaban J connectivity index is 2.55. The van der Waals surface area contributed by atoms with Gasteiger partial charge < -0.3 is 8.83 Å². The first-order valence-corrected chi connectivity index (χ1v) is 3.29. The highest BCUT2D eigenvalue weighted by Gasteiger charge is 2.11. The van der Waals surface area contributed by atoms with Crippen molar-refractivity contribution in [3.63, 3.8) is 0 Å². The van der Waals surface area contributed by atoms with Crippen molar-refractivity contribution < 1.29 is 8.83 Å². The van der Waals surface area contributed by atoms with Gasteiger partial charge >= 0.3 is 0 Å². The zero-order valence-electron chi connectivity index (χ0n) is 6.02. The zero-order chi connectivity index (χ0) is 8.39. The highest BCUT2D eigenvalue weighted by atomic mass is 16.4. The summed E-state index contributed by atoms with van der Waals surface area (Å²) in [6.07, 6.45) is 4.36. The van der Waals surface area contributed by atoms with E-state index in [1.165, 1.54) is 18.7 Å². The minimum absolute atomic E-state index is 0.330. The molecule has 0 amide bonds. The van der Waals surface area contributed by atoms with Crippen molar-refractivity contribution in [2.24, 2.45) is 0 Å². The van der Waals surface area contributed by atoms with Gasteiger partial charge in [-0.15, -0.1) is 0 Å². The lowest BCUT2D eigenvalue weighted by molar-refractivity contribution is 0.517. The molecule has 0 aliphatic carbocycles. The molecule has 0 radical (unpaired) electrons. The second-order valence-electron chi connectivity index (χ2n) is 2.11. The third-order valence-corrected chi connectivity index (χ3v) is 1.41. The highest BCUT2D eigenvalue weighted by molar-refractivity contribution is 5.55. The quantitative estimate of drug-likeness (QED) is 0.638. The lowest BCUT2D eigenvalue weighted by Gasteiger charge is -1.86. The van der Waals surface area contributed by atoms with Crippen LogP contribution in [0.4, 0.5) is 0 Å². The molecular formula is C8H4N2O2. The molecule has 0 bridgehead atoms. The lowest BCUT2D eigenvalue weighted by Crippen LogP contribution is -1.76. The normalized spacial score (nSPS) is 9.58. The predicted octanol–water partition coefficient (Wildman–Crippen LogP) is 1.81. The maximum atomic E-state index is 8.63. The van der Waals surface area contributed by atoms with Crippen molar-refractivity contribution in [1.29, 1.82) is 5.26 Å². The third-order valence-electron chi connectivity index (χ3n) is 1.41. The summed E-state index contributed by atoms with van der Waals surface area (Å²) < 4.78 is 9.99. The molecule has 12 heavy (non-hydrogen) atoms. The first-order chi connectivity index (χ1) is 5.92. The van der Waals surface area contributed by atoms with Crippen LogP contribution in [0.15, 0.2) is 33.6 Å². The van der Waals surface area contributed by atoms with E-state index in [-0.39, 0.29) is 0 Å². The summed E-state index contributed by atoms with van der Waals surface area (Å²) in [5.74, 6) is 0.707. The summed E-state index contributed by atoms with van der Waals surface area (Å²) in [5, 5.41) is 8.63. The van der Waals surface area contributed by atoms with Gasteiger partial charge in [0.05, 0.1) is 12.5 Å². The number of nitriles is 1. The van der Waals surface area contributed by atoms with Crippen LogP contribution in [0.3, 0.4) is 0 Å². The minimum atomic E-state index is 0.330. The van der Waals surface area contributed by atoms with Gasteiger partial charge in [-0.05, 0) is 6.07 Å². The van der Waals surface area contributed by atoms with E-state index in [4.69, 9.17) is 14.1 Å². The maximum absolute atomic E-state index is 8.63. The van der Waals surface area contributed by atoms with Crippen LogP contribution in [-0.2, 0) is 0 Å². The van der Waals surface area contributed by atoms with Crippen LogP contribution in [0.2, 0.25) is 0 Å². The summed E-state index contributed by atoms with van der Waals surface area (Å²) >= 11 is 0. The monoisotopic (exact) mass is 160 g/mol. The fraction of sp³-hybridized carbons (Fsp3) is 0. The average molecular weight is 160 g/mol. The molecule has 0 fully saturated rings. The average Bonchev–Trinajstić information content (AvgIpc) is 2.74. The Morgan fingerprint density at radius 2 is 2.25 bits per heavy atom. The van der Waals surface area contributed by atoms with E-state index in [0.29, 0.717) is 17.2 Å². The molecule has 2 rings (SSSR count). The van der Waals surface area contributed by atoms with E-state index in [9.17, 15) is 0 Å². The van der Waals surface area contributed by atoms with Gasteiger partial charge in [0.25, 0.3) is 5.89 Å². The second kappa shape index (κ2) is 2.55. The highest BCUT2D eigenvalue weighted by Crippen LogP contribution is 2.21. The maximum Gasteiger partial charge on any atom is 0.264 e. The number of rotatable bonds is 1. The van der Waals surface area contributed by atoms with Crippen molar-refractivity contribution in [3.05, 3.63) is 30.4 Å². The van der Waals surface area contributed by atoms with Crippen LogP contribution in [0.25, 0.3) is 11.7 Å². The molecule has 0 aromatic carbocycles. The second-order valence-corrected chi connectivity index (χ2v) is 2.11. The van der Waals surface area contributed by atoms with E-state index in [0.717, 1.165) is 0 Å².